The van der Waals surface area contributed by atoms with Crippen LogP contribution in [0.3, 0.4) is 0 Å². The van der Waals surface area contributed by atoms with Gasteiger partial charge in [0, 0.05) is 7.05 Å². The molecule has 1 saturated carbocycles. The first kappa shape index (κ1) is 16.4. The molecule has 2 atom stereocenters. The number of aliphatic hydroxyl groups excluding tert-OH is 1. The molecule has 1 heterocycles. The number of rotatable bonds is 4. The number of sulfonamides is 1. The lowest BCUT2D eigenvalue weighted by Crippen LogP contribution is -2.46. The molecular weight excluding hydrogens is 314 g/mol. The number of methoxy groups -OCH3 is 1. The van der Waals surface area contributed by atoms with E-state index in [1.165, 1.54) is 24.5 Å². The fourth-order valence-corrected chi connectivity index (χ4v) is 5.31. The lowest BCUT2D eigenvalue weighted by atomic mass is 9.93. The lowest BCUT2D eigenvalue weighted by Gasteiger charge is -2.34. The van der Waals surface area contributed by atoms with Crippen molar-refractivity contribution in [2.45, 2.75) is 42.7 Å². The Bertz CT molecular complexity index is 610. The maximum Gasteiger partial charge on any atom is 0.349 e. The molecule has 8 heteroatoms. The van der Waals surface area contributed by atoms with Gasteiger partial charge in [-0.2, -0.15) is 4.31 Å². The van der Waals surface area contributed by atoms with Crippen molar-refractivity contribution in [3.05, 3.63) is 16.3 Å². The third-order valence-electron chi connectivity index (χ3n) is 3.82. The summed E-state index contributed by atoms with van der Waals surface area (Å²) >= 11 is 1.03. The largest absolute Gasteiger partial charge is 0.465 e. The SMILES string of the molecule is COC(=O)c1sccc1S(=O)(=O)N(C)C1CCCCC1O. The van der Waals surface area contributed by atoms with Crippen LogP contribution in [0.15, 0.2) is 16.3 Å². The predicted octanol–water partition coefficient (Wildman–Crippen LogP) is 1.46. The molecule has 1 aliphatic carbocycles. The second-order valence-electron chi connectivity index (χ2n) is 5.05. The molecule has 0 aliphatic heterocycles. The summed E-state index contributed by atoms with van der Waals surface area (Å²) < 4.78 is 31.2. The highest BCUT2D eigenvalue weighted by Gasteiger charge is 2.36. The molecule has 1 fully saturated rings. The number of ether oxygens (including phenoxy) is 1. The minimum atomic E-state index is -3.83. The van der Waals surface area contributed by atoms with Gasteiger partial charge < -0.3 is 9.84 Å². The molecule has 0 saturated heterocycles. The summed E-state index contributed by atoms with van der Waals surface area (Å²) in [5, 5.41) is 11.6. The molecule has 0 bridgehead atoms. The second kappa shape index (κ2) is 6.43. The van der Waals surface area contributed by atoms with E-state index in [0.717, 1.165) is 24.2 Å². The highest BCUT2D eigenvalue weighted by atomic mass is 32.2. The molecule has 118 valence electrons. The van der Waals surface area contributed by atoms with Gasteiger partial charge in [-0.05, 0) is 24.3 Å². The van der Waals surface area contributed by atoms with Gasteiger partial charge in [-0.25, -0.2) is 13.2 Å². The van der Waals surface area contributed by atoms with Gasteiger partial charge in [0.15, 0.2) is 0 Å². The van der Waals surface area contributed by atoms with Crippen LogP contribution in [-0.4, -0.2) is 50.1 Å². The number of thiophene rings is 1. The Balaban J connectivity index is 2.33. The molecule has 0 spiro atoms. The standard InChI is InChI=1S/C13H19NO5S2/c1-14(9-5-3-4-6-10(9)15)21(17,18)11-7-8-20-12(11)13(16)19-2/h7-10,15H,3-6H2,1-2H3. The van der Waals surface area contributed by atoms with E-state index >= 15 is 0 Å². The molecule has 0 radical (unpaired) electrons. The van der Waals surface area contributed by atoms with Crippen LogP contribution in [0.4, 0.5) is 0 Å². The first-order valence-corrected chi connectivity index (χ1v) is 9.03. The molecule has 6 nitrogen and oxygen atoms in total. The summed E-state index contributed by atoms with van der Waals surface area (Å²) in [4.78, 5) is 11.7. The number of likely N-dealkylation sites (N-methyl/N-ethyl adjacent to an activating group) is 1. The van der Waals surface area contributed by atoms with Crippen LogP contribution in [0.1, 0.15) is 35.4 Å². The van der Waals surface area contributed by atoms with E-state index in [4.69, 9.17) is 0 Å². The minimum Gasteiger partial charge on any atom is -0.465 e. The fraction of sp³-hybridized carbons (Fsp3) is 0.615. The Hall–Kier alpha value is -0.960. The van der Waals surface area contributed by atoms with Crippen LogP contribution in [0.2, 0.25) is 0 Å². The van der Waals surface area contributed by atoms with Crippen LogP contribution in [0.25, 0.3) is 0 Å². The predicted molar refractivity (Wildman–Crippen MR) is 78.9 cm³/mol. The van der Waals surface area contributed by atoms with Gasteiger partial charge in [0.05, 0.1) is 19.3 Å². The third-order valence-corrected chi connectivity index (χ3v) is 6.77. The molecule has 2 unspecified atom stereocenters. The van der Waals surface area contributed by atoms with E-state index in [0.29, 0.717) is 12.8 Å². The number of hydrogen-bond donors (Lipinski definition) is 1. The van der Waals surface area contributed by atoms with Gasteiger partial charge >= 0.3 is 5.97 Å². The van der Waals surface area contributed by atoms with E-state index in [1.807, 2.05) is 0 Å². The van der Waals surface area contributed by atoms with Crippen LogP contribution in [0, 0.1) is 0 Å². The summed E-state index contributed by atoms with van der Waals surface area (Å²) in [6.45, 7) is 0. The number of esters is 1. The van der Waals surface area contributed by atoms with E-state index < -0.39 is 28.1 Å². The Kier molecular flexibility index (Phi) is 5.03. The van der Waals surface area contributed by atoms with Gasteiger partial charge in [-0.15, -0.1) is 11.3 Å². The van der Waals surface area contributed by atoms with Crippen molar-refractivity contribution in [2.24, 2.45) is 0 Å². The Morgan fingerprint density at radius 3 is 2.71 bits per heavy atom. The number of hydrogen-bond acceptors (Lipinski definition) is 6. The van der Waals surface area contributed by atoms with E-state index in [-0.39, 0.29) is 9.77 Å². The molecule has 1 aromatic heterocycles. The average molecular weight is 333 g/mol. The maximum atomic E-state index is 12.7. The van der Waals surface area contributed by atoms with Crippen molar-refractivity contribution in [3.8, 4) is 0 Å². The maximum absolute atomic E-state index is 12.7. The van der Waals surface area contributed by atoms with Gasteiger partial charge in [0.1, 0.15) is 9.77 Å². The molecule has 21 heavy (non-hydrogen) atoms. The summed E-state index contributed by atoms with van der Waals surface area (Å²) in [5.74, 6) is -0.666. The highest BCUT2D eigenvalue weighted by Crippen LogP contribution is 2.30. The van der Waals surface area contributed by atoms with Crippen molar-refractivity contribution in [2.75, 3.05) is 14.2 Å². The topological polar surface area (TPSA) is 83.9 Å². The summed E-state index contributed by atoms with van der Waals surface area (Å²) in [6.07, 6.45) is 2.33. The highest BCUT2D eigenvalue weighted by molar-refractivity contribution is 7.89. The molecule has 0 aromatic carbocycles. The summed E-state index contributed by atoms with van der Waals surface area (Å²) in [7, 11) is -1.16. The molecule has 1 aliphatic rings. The normalized spacial score (nSPS) is 23.2. The van der Waals surface area contributed by atoms with Gasteiger partial charge in [-0.1, -0.05) is 12.8 Å². The van der Waals surface area contributed by atoms with Crippen molar-refractivity contribution in [3.63, 3.8) is 0 Å². The average Bonchev–Trinajstić information content (AvgIpc) is 2.96. The van der Waals surface area contributed by atoms with Crippen LogP contribution < -0.4 is 0 Å². The monoisotopic (exact) mass is 333 g/mol. The number of carbonyl (C=O) groups is 1. The smallest absolute Gasteiger partial charge is 0.349 e. The third kappa shape index (κ3) is 3.13. The zero-order valence-electron chi connectivity index (χ0n) is 12.0. The molecule has 0 amide bonds. The van der Waals surface area contributed by atoms with E-state index in [9.17, 15) is 18.3 Å². The quantitative estimate of drug-likeness (QED) is 0.843. The number of nitrogens with zero attached hydrogens (tertiary/aromatic N) is 1. The lowest BCUT2D eigenvalue weighted by molar-refractivity contribution is 0.0599. The van der Waals surface area contributed by atoms with Crippen molar-refractivity contribution >= 4 is 27.3 Å². The van der Waals surface area contributed by atoms with Crippen LogP contribution in [-0.2, 0) is 14.8 Å². The first-order valence-electron chi connectivity index (χ1n) is 6.71. The van der Waals surface area contributed by atoms with Crippen LogP contribution >= 0.6 is 11.3 Å². The Morgan fingerprint density at radius 2 is 2.10 bits per heavy atom. The van der Waals surface area contributed by atoms with Crippen molar-refractivity contribution in [1.82, 2.24) is 4.31 Å². The zero-order chi connectivity index (χ0) is 15.6. The van der Waals surface area contributed by atoms with Crippen molar-refractivity contribution in [1.29, 1.82) is 0 Å². The zero-order valence-corrected chi connectivity index (χ0v) is 13.6. The van der Waals surface area contributed by atoms with Gasteiger partial charge in [-0.3, -0.25) is 0 Å². The minimum absolute atomic E-state index is 0.0559. The second-order valence-corrected chi connectivity index (χ2v) is 7.93. The summed E-state index contributed by atoms with van der Waals surface area (Å²) in [5.41, 5.74) is 0. The fourth-order valence-electron chi connectivity index (χ4n) is 2.59. The Labute approximate surface area is 128 Å². The van der Waals surface area contributed by atoms with Gasteiger partial charge in [0.2, 0.25) is 10.0 Å². The number of aliphatic hydroxyl groups is 1. The number of carbonyl (C=O) groups excluding carboxylic acids is 1. The van der Waals surface area contributed by atoms with Crippen molar-refractivity contribution < 1.29 is 23.1 Å². The molecule has 2 rings (SSSR count). The van der Waals surface area contributed by atoms with E-state index in [1.54, 1.807) is 5.38 Å². The summed E-state index contributed by atoms with van der Waals surface area (Å²) in [6, 6.07) is 0.951. The Morgan fingerprint density at radius 1 is 1.43 bits per heavy atom. The van der Waals surface area contributed by atoms with Crippen LogP contribution in [0.5, 0.6) is 0 Å². The molecule has 1 aromatic rings. The van der Waals surface area contributed by atoms with E-state index in [2.05, 4.69) is 4.74 Å². The molecule has 1 N–H and O–H groups in total. The van der Waals surface area contributed by atoms with Gasteiger partial charge in [0.25, 0.3) is 0 Å². The molecular formula is C13H19NO5S2. The first-order chi connectivity index (χ1) is 9.89.